The van der Waals surface area contributed by atoms with Crippen molar-refractivity contribution < 1.29 is 14.7 Å². The fraction of sp³-hybridized carbons (Fsp3) is 0.167. The summed E-state index contributed by atoms with van der Waals surface area (Å²) in [6.45, 7) is 3.50. The van der Waals surface area contributed by atoms with Crippen LogP contribution in [0.2, 0.25) is 0 Å². The molecule has 2 amide bonds. The first kappa shape index (κ1) is 18.2. The summed E-state index contributed by atoms with van der Waals surface area (Å²) < 4.78 is 0. The van der Waals surface area contributed by atoms with Crippen molar-refractivity contribution in [3.63, 3.8) is 0 Å². The van der Waals surface area contributed by atoms with Crippen LogP contribution >= 0.6 is 0 Å². The maximum Gasteiger partial charge on any atom is 0.266 e. The molecular weight excluding hydrogens is 378 g/mol. The lowest BCUT2D eigenvalue weighted by Crippen LogP contribution is -2.46. The third-order valence-corrected chi connectivity index (χ3v) is 5.76. The number of aromatic hydroxyl groups is 1. The van der Waals surface area contributed by atoms with Gasteiger partial charge in [0, 0.05) is 37.6 Å². The van der Waals surface area contributed by atoms with Crippen LogP contribution in [-0.4, -0.2) is 43.1 Å². The average molecular weight is 399 g/mol. The van der Waals surface area contributed by atoms with Crippen LogP contribution in [0.5, 0.6) is 5.75 Å². The zero-order chi connectivity index (χ0) is 20.7. The van der Waals surface area contributed by atoms with E-state index in [0.717, 1.165) is 37.6 Å². The van der Waals surface area contributed by atoms with E-state index in [1.165, 1.54) is 4.90 Å². The van der Waals surface area contributed by atoms with Crippen LogP contribution in [0.15, 0.2) is 72.8 Å². The van der Waals surface area contributed by atoms with Crippen LogP contribution in [0.1, 0.15) is 20.7 Å². The molecular formula is C24H21N3O3. The topological polar surface area (TPSA) is 64.1 Å². The molecule has 0 bridgehead atoms. The zero-order valence-electron chi connectivity index (χ0n) is 16.4. The van der Waals surface area contributed by atoms with Crippen molar-refractivity contribution in [3.8, 4) is 5.75 Å². The van der Waals surface area contributed by atoms with Gasteiger partial charge < -0.3 is 14.9 Å². The van der Waals surface area contributed by atoms with E-state index in [-0.39, 0.29) is 17.6 Å². The molecule has 150 valence electrons. The third kappa shape index (κ3) is 3.06. The first-order valence-electron chi connectivity index (χ1n) is 9.98. The Kier molecular flexibility index (Phi) is 4.39. The second kappa shape index (κ2) is 7.22. The van der Waals surface area contributed by atoms with Crippen molar-refractivity contribution in [1.29, 1.82) is 0 Å². The highest BCUT2D eigenvalue weighted by Crippen LogP contribution is 2.30. The van der Waals surface area contributed by atoms with Crippen LogP contribution in [0, 0.1) is 0 Å². The number of carbonyl (C=O) groups is 2. The number of hydrogen-bond acceptors (Lipinski definition) is 5. The molecule has 6 nitrogen and oxygen atoms in total. The predicted molar refractivity (Wildman–Crippen MR) is 117 cm³/mol. The third-order valence-electron chi connectivity index (χ3n) is 5.76. The summed E-state index contributed by atoms with van der Waals surface area (Å²) in [5.41, 5.74) is 3.68. The normalized spacial score (nSPS) is 16.2. The van der Waals surface area contributed by atoms with E-state index in [2.05, 4.69) is 9.80 Å². The fourth-order valence-electron chi connectivity index (χ4n) is 4.12. The number of phenolic OH excluding ortho intramolecular Hbond substituents is 1. The van der Waals surface area contributed by atoms with E-state index in [1.807, 2.05) is 36.4 Å². The molecule has 5 rings (SSSR count). The molecule has 1 N–H and O–H groups in total. The lowest BCUT2D eigenvalue weighted by Gasteiger charge is -2.37. The number of rotatable bonds is 3. The minimum atomic E-state index is -0.272. The van der Waals surface area contributed by atoms with Crippen molar-refractivity contribution in [1.82, 2.24) is 0 Å². The van der Waals surface area contributed by atoms with Crippen molar-refractivity contribution >= 4 is 28.9 Å². The number of nitrogens with zero attached hydrogens (tertiary/aromatic N) is 3. The Hall–Kier alpha value is -3.80. The molecule has 0 radical (unpaired) electrons. The van der Waals surface area contributed by atoms with Gasteiger partial charge in [-0.15, -0.1) is 0 Å². The lowest BCUT2D eigenvalue weighted by atomic mass is 10.1. The van der Waals surface area contributed by atoms with Crippen LogP contribution in [-0.2, 0) is 0 Å². The number of piperazine rings is 1. The van der Waals surface area contributed by atoms with Gasteiger partial charge in [-0.1, -0.05) is 12.1 Å². The minimum Gasteiger partial charge on any atom is -0.508 e. The zero-order valence-corrected chi connectivity index (χ0v) is 16.4. The van der Waals surface area contributed by atoms with Crippen LogP contribution in [0.3, 0.4) is 0 Å². The number of imide groups is 1. The molecule has 2 heterocycles. The number of amides is 2. The molecule has 3 aromatic carbocycles. The van der Waals surface area contributed by atoms with E-state index in [9.17, 15) is 14.7 Å². The number of hydrogen-bond donors (Lipinski definition) is 1. The second-order valence-electron chi connectivity index (χ2n) is 7.50. The average Bonchev–Trinajstić information content (AvgIpc) is 3.05. The number of benzene rings is 3. The summed E-state index contributed by atoms with van der Waals surface area (Å²) in [7, 11) is 0. The number of fused-ring (bicyclic) bond motifs is 1. The van der Waals surface area contributed by atoms with Gasteiger partial charge in [0.1, 0.15) is 5.75 Å². The van der Waals surface area contributed by atoms with Gasteiger partial charge in [-0.2, -0.15) is 0 Å². The molecule has 1 fully saturated rings. The molecule has 2 aliphatic heterocycles. The highest BCUT2D eigenvalue weighted by Gasteiger charge is 2.36. The van der Waals surface area contributed by atoms with Crippen molar-refractivity contribution in [2.24, 2.45) is 0 Å². The largest absolute Gasteiger partial charge is 0.508 e. The van der Waals surface area contributed by atoms with Crippen molar-refractivity contribution in [3.05, 3.63) is 83.9 Å². The van der Waals surface area contributed by atoms with Gasteiger partial charge >= 0.3 is 0 Å². The first-order valence-corrected chi connectivity index (χ1v) is 9.98. The van der Waals surface area contributed by atoms with Gasteiger partial charge in [0.2, 0.25) is 0 Å². The summed E-state index contributed by atoms with van der Waals surface area (Å²) in [5, 5.41) is 9.46. The van der Waals surface area contributed by atoms with E-state index in [0.29, 0.717) is 16.8 Å². The van der Waals surface area contributed by atoms with Gasteiger partial charge in [0.05, 0.1) is 16.8 Å². The summed E-state index contributed by atoms with van der Waals surface area (Å²) >= 11 is 0. The van der Waals surface area contributed by atoms with Gasteiger partial charge in [0.25, 0.3) is 11.8 Å². The van der Waals surface area contributed by atoms with Crippen molar-refractivity contribution in [2.45, 2.75) is 0 Å². The molecule has 1 saturated heterocycles. The summed E-state index contributed by atoms with van der Waals surface area (Å²) in [4.78, 5) is 31.2. The van der Waals surface area contributed by atoms with Gasteiger partial charge in [-0.25, -0.2) is 4.90 Å². The fourth-order valence-corrected chi connectivity index (χ4v) is 4.12. The number of phenols is 1. The molecule has 0 saturated carbocycles. The highest BCUT2D eigenvalue weighted by molar-refractivity contribution is 6.34. The van der Waals surface area contributed by atoms with Crippen LogP contribution in [0.25, 0.3) is 0 Å². The summed E-state index contributed by atoms with van der Waals surface area (Å²) in [5.74, 6) is -0.271. The van der Waals surface area contributed by atoms with Crippen LogP contribution in [0.4, 0.5) is 17.1 Å². The Morgan fingerprint density at radius 3 is 1.43 bits per heavy atom. The minimum absolute atomic E-state index is 0.272. The maximum absolute atomic E-state index is 12.7. The second-order valence-corrected chi connectivity index (χ2v) is 7.50. The van der Waals surface area contributed by atoms with E-state index >= 15 is 0 Å². The number of carbonyl (C=O) groups excluding carboxylic acids is 2. The molecule has 0 unspecified atom stereocenters. The molecule has 0 atom stereocenters. The van der Waals surface area contributed by atoms with E-state index < -0.39 is 0 Å². The molecule has 0 spiro atoms. The van der Waals surface area contributed by atoms with Gasteiger partial charge in [0.15, 0.2) is 0 Å². The SMILES string of the molecule is O=C1c2ccccc2C(=O)N1c1ccc(N2CCN(c3ccc(O)cc3)CC2)cc1. The summed E-state index contributed by atoms with van der Waals surface area (Å²) in [6.07, 6.45) is 0. The Balaban J connectivity index is 1.28. The predicted octanol–water partition coefficient (Wildman–Crippen LogP) is 3.52. The Bertz CT molecular complexity index is 1070. The quantitative estimate of drug-likeness (QED) is 0.683. The Morgan fingerprint density at radius 2 is 0.967 bits per heavy atom. The monoisotopic (exact) mass is 399 g/mol. The van der Waals surface area contributed by atoms with Gasteiger partial charge in [-0.05, 0) is 60.7 Å². The first-order chi connectivity index (χ1) is 14.6. The number of anilines is 3. The standard InChI is InChI=1S/C24H21N3O3/c28-20-11-9-18(10-12-20)26-15-13-25(14-16-26)17-5-7-19(8-6-17)27-23(29)21-3-1-2-4-22(21)24(27)30/h1-12,28H,13-16H2. The molecule has 6 heteroatoms. The van der Waals surface area contributed by atoms with Gasteiger partial charge in [-0.3, -0.25) is 9.59 Å². The Morgan fingerprint density at radius 1 is 0.567 bits per heavy atom. The van der Waals surface area contributed by atoms with E-state index in [4.69, 9.17) is 0 Å². The Labute approximate surface area is 174 Å². The smallest absolute Gasteiger partial charge is 0.266 e. The molecule has 0 aliphatic carbocycles. The molecule has 2 aliphatic rings. The van der Waals surface area contributed by atoms with Crippen LogP contribution < -0.4 is 14.7 Å². The highest BCUT2D eigenvalue weighted by atomic mass is 16.3. The molecule has 3 aromatic rings. The molecule has 0 aromatic heterocycles. The summed E-state index contributed by atoms with van der Waals surface area (Å²) in [6, 6.07) is 21.8. The molecule has 30 heavy (non-hydrogen) atoms. The van der Waals surface area contributed by atoms with E-state index in [1.54, 1.807) is 36.4 Å². The van der Waals surface area contributed by atoms with Crippen molar-refractivity contribution in [2.75, 3.05) is 40.9 Å². The lowest BCUT2D eigenvalue weighted by molar-refractivity contribution is 0.0926. The maximum atomic E-state index is 12.7.